The largest absolute Gasteiger partial charge is 0.402 e. The number of nitrogens with two attached hydrogens (primary N) is 1. The first kappa shape index (κ1) is 10.9. The lowest BCUT2D eigenvalue weighted by molar-refractivity contribution is 0.626. The highest BCUT2D eigenvalue weighted by Crippen LogP contribution is 2.37. The summed E-state index contributed by atoms with van der Waals surface area (Å²) in [5.41, 5.74) is 14.6. The fourth-order valence-electron chi connectivity index (χ4n) is 3.62. The fraction of sp³-hybridized carbons (Fsp3) is 0.500. The van der Waals surface area contributed by atoms with Gasteiger partial charge >= 0.3 is 0 Å². The lowest BCUT2D eigenvalue weighted by Gasteiger charge is -2.14. The number of aryl methyl sites for hydroxylation is 1. The maximum Gasteiger partial charge on any atom is 0.0120 e. The monoisotopic (exact) mass is 227 g/mol. The van der Waals surface area contributed by atoms with E-state index in [1.54, 1.807) is 22.3 Å². The van der Waals surface area contributed by atoms with E-state index in [2.05, 4.69) is 19.6 Å². The summed E-state index contributed by atoms with van der Waals surface area (Å²) < 4.78 is 0. The fourth-order valence-corrected chi connectivity index (χ4v) is 3.62. The van der Waals surface area contributed by atoms with Gasteiger partial charge in [0, 0.05) is 12.1 Å². The second kappa shape index (κ2) is 3.90. The second-order valence-electron chi connectivity index (χ2n) is 5.83. The number of allylic oxidation sites excluding steroid dienone is 1. The highest BCUT2D eigenvalue weighted by Gasteiger charge is 2.26. The van der Waals surface area contributed by atoms with E-state index >= 15 is 0 Å². The van der Waals surface area contributed by atoms with E-state index in [1.165, 1.54) is 37.7 Å². The minimum Gasteiger partial charge on any atom is -0.402 e. The van der Waals surface area contributed by atoms with E-state index in [-0.39, 0.29) is 0 Å². The number of hydrogen-bond acceptors (Lipinski definition) is 1. The first-order chi connectivity index (χ1) is 8.15. The van der Waals surface area contributed by atoms with Crippen LogP contribution in [-0.2, 0) is 32.1 Å². The third-order valence-electron chi connectivity index (χ3n) is 4.25. The maximum absolute atomic E-state index is 5.85. The molecule has 0 spiro atoms. The Bertz CT molecular complexity index is 485. The van der Waals surface area contributed by atoms with E-state index in [1.807, 2.05) is 0 Å². The molecule has 0 bridgehead atoms. The number of hydrogen-bond donors (Lipinski definition) is 1. The van der Waals surface area contributed by atoms with Gasteiger partial charge in [0.05, 0.1) is 0 Å². The lowest BCUT2D eigenvalue weighted by Crippen LogP contribution is -2.06. The first-order valence-electron chi connectivity index (χ1n) is 6.73. The van der Waals surface area contributed by atoms with Crippen molar-refractivity contribution in [2.45, 2.75) is 45.4 Å². The van der Waals surface area contributed by atoms with Gasteiger partial charge in [-0.1, -0.05) is 19.6 Å². The summed E-state index contributed by atoms with van der Waals surface area (Å²) in [4.78, 5) is 0. The average molecular weight is 227 g/mol. The Kier molecular flexibility index (Phi) is 2.50. The number of benzene rings is 1. The van der Waals surface area contributed by atoms with Gasteiger partial charge in [-0.2, -0.15) is 0 Å². The maximum atomic E-state index is 5.85. The number of fused-ring (bicyclic) bond motifs is 2. The molecule has 0 saturated heterocycles. The summed E-state index contributed by atoms with van der Waals surface area (Å²) in [5.74, 6) is 0.803. The molecule has 1 aromatic carbocycles. The van der Waals surface area contributed by atoms with Crippen molar-refractivity contribution in [1.29, 1.82) is 0 Å². The van der Waals surface area contributed by atoms with Crippen molar-refractivity contribution in [3.63, 3.8) is 0 Å². The molecule has 2 aliphatic rings. The van der Waals surface area contributed by atoms with Crippen LogP contribution in [0.5, 0.6) is 0 Å². The molecule has 17 heavy (non-hydrogen) atoms. The molecule has 0 radical (unpaired) electrons. The molecule has 1 unspecified atom stereocenters. The van der Waals surface area contributed by atoms with Crippen molar-refractivity contribution in [2.24, 2.45) is 11.7 Å². The summed E-state index contributed by atoms with van der Waals surface area (Å²) in [6, 6.07) is 2.48. The minimum atomic E-state index is 0.803. The van der Waals surface area contributed by atoms with Crippen LogP contribution in [0.2, 0.25) is 0 Å². The summed E-state index contributed by atoms with van der Waals surface area (Å²) in [6.45, 7) is 6.25. The predicted molar refractivity (Wildman–Crippen MR) is 72.1 cm³/mol. The Morgan fingerprint density at radius 1 is 1.29 bits per heavy atom. The van der Waals surface area contributed by atoms with Crippen molar-refractivity contribution in [3.05, 3.63) is 46.2 Å². The van der Waals surface area contributed by atoms with Gasteiger partial charge in [0.15, 0.2) is 0 Å². The smallest absolute Gasteiger partial charge is 0.0120 e. The molecule has 0 aliphatic heterocycles. The van der Waals surface area contributed by atoms with Gasteiger partial charge in [0.25, 0.3) is 0 Å². The van der Waals surface area contributed by atoms with E-state index in [9.17, 15) is 0 Å². The Morgan fingerprint density at radius 2 is 2.12 bits per heavy atom. The SMILES string of the molecule is C=C(N)Cc1c2c(cc3c1CC(C)C3)CCC2. The number of rotatable bonds is 2. The molecule has 0 saturated carbocycles. The molecule has 0 aromatic heterocycles. The molecule has 90 valence electrons. The van der Waals surface area contributed by atoms with E-state index in [0.29, 0.717) is 0 Å². The van der Waals surface area contributed by atoms with Crippen LogP contribution in [-0.4, -0.2) is 0 Å². The molecule has 1 heteroatoms. The molecule has 0 fully saturated rings. The first-order valence-corrected chi connectivity index (χ1v) is 6.73. The topological polar surface area (TPSA) is 26.0 Å². The highest BCUT2D eigenvalue weighted by molar-refractivity contribution is 5.51. The molecular formula is C16H21N. The van der Waals surface area contributed by atoms with E-state index in [0.717, 1.165) is 18.0 Å². The van der Waals surface area contributed by atoms with Crippen LogP contribution in [0.25, 0.3) is 0 Å². The van der Waals surface area contributed by atoms with Crippen molar-refractivity contribution in [1.82, 2.24) is 0 Å². The predicted octanol–water partition coefficient (Wildman–Crippen LogP) is 2.92. The zero-order valence-corrected chi connectivity index (χ0v) is 10.7. The van der Waals surface area contributed by atoms with Gasteiger partial charge in [-0.25, -0.2) is 0 Å². The normalized spacial score (nSPS) is 21.4. The van der Waals surface area contributed by atoms with Crippen molar-refractivity contribution in [3.8, 4) is 0 Å². The van der Waals surface area contributed by atoms with Crippen molar-refractivity contribution < 1.29 is 0 Å². The van der Waals surface area contributed by atoms with Crippen LogP contribution in [0.4, 0.5) is 0 Å². The van der Waals surface area contributed by atoms with Crippen molar-refractivity contribution in [2.75, 3.05) is 0 Å². The Labute approximate surface area is 104 Å². The Hall–Kier alpha value is -1.24. The third-order valence-corrected chi connectivity index (χ3v) is 4.25. The van der Waals surface area contributed by atoms with Crippen LogP contribution in [0, 0.1) is 5.92 Å². The minimum absolute atomic E-state index is 0.803. The zero-order valence-electron chi connectivity index (χ0n) is 10.7. The standard InChI is InChI=1S/C16H21N/c1-10-6-13-9-12-4-3-5-14(12)16(8-11(2)17)15(13)7-10/h9-10H,2-8,17H2,1H3. The molecule has 3 rings (SSSR count). The van der Waals surface area contributed by atoms with Crippen LogP contribution in [0.3, 0.4) is 0 Å². The summed E-state index contributed by atoms with van der Waals surface area (Å²) in [6.07, 6.45) is 7.22. The molecule has 0 heterocycles. The van der Waals surface area contributed by atoms with Gasteiger partial charge in [0.1, 0.15) is 0 Å². The quantitative estimate of drug-likeness (QED) is 0.826. The molecule has 0 amide bonds. The van der Waals surface area contributed by atoms with Crippen LogP contribution >= 0.6 is 0 Å². The summed E-state index contributed by atoms with van der Waals surface area (Å²) >= 11 is 0. The Morgan fingerprint density at radius 3 is 2.88 bits per heavy atom. The average Bonchev–Trinajstić information content (AvgIpc) is 2.82. The molecular weight excluding hydrogens is 206 g/mol. The zero-order chi connectivity index (χ0) is 12.0. The van der Waals surface area contributed by atoms with Crippen LogP contribution in [0.1, 0.15) is 41.2 Å². The van der Waals surface area contributed by atoms with Gasteiger partial charge in [-0.15, -0.1) is 0 Å². The summed E-state index contributed by atoms with van der Waals surface area (Å²) in [7, 11) is 0. The molecule has 1 nitrogen and oxygen atoms in total. The lowest BCUT2D eigenvalue weighted by atomic mass is 9.91. The van der Waals surface area contributed by atoms with E-state index < -0.39 is 0 Å². The Balaban J connectivity index is 2.13. The van der Waals surface area contributed by atoms with Crippen LogP contribution < -0.4 is 5.73 Å². The van der Waals surface area contributed by atoms with Gasteiger partial charge in [-0.3, -0.25) is 0 Å². The van der Waals surface area contributed by atoms with E-state index in [4.69, 9.17) is 5.73 Å². The van der Waals surface area contributed by atoms with Gasteiger partial charge in [-0.05, 0) is 65.8 Å². The highest BCUT2D eigenvalue weighted by atomic mass is 14.6. The summed E-state index contributed by atoms with van der Waals surface area (Å²) in [5, 5.41) is 0. The van der Waals surface area contributed by atoms with Crippen LogP contribution in [0.15, 0.2) is 18.3 Å². The van der Waals surface area contributed by atoms with Crippen molar-refractivity contribution >= 4 is 0 Å². The van der Waals surface area contributed by atoms with Gasteiger partial charge in [0.2, 0.25) is 0 Å². The molecule has 2 N–H and O–H groups in total. The molecule has 1 atom stereocenters. The van der Waals surface area contributed by atoms with Gasteiger partial charge < -0.3 is 5.73 Å². The third kappa shape index (κ3) is 1.78. The molecule has 2 aliphatic carbocycles. The molecule has 1 aromatic rings. The second-order valence-corrected chi connectivity index (χ2v) is 5.83.